The molecule has 1 aromatic rings. The zero-order valence-electron chi connectivity index (χ0n) is 9.96. The van der Waals surface area contributed by atoms with Crippen molar-refractivity contribution >= 4 is 17.1 Å². The van der Waals surface area contributed by atoms with E-state index in [2.05, 4.69) is 38.3 Å². The summed E-state index contributed by atoms with van der Waals surface area (Å²) in [6.45, 7) is 8.40. The summed E-state index contributed by atoms with van der Waals surface area (Å²) in [5, 5.41) is 6.64. The van der Waals surface area contributed by atoms with Gasteiger partial charge in [0.05, 0.1) is 17.1 Å². The highest BCUT2D eigenvalue weighted by Gasteiger charge is 2.06. The molecule has 4 N–H and O–H groups in total. The van der Waals surface area contributed by atoms with Crippen molar-refractivity contribution in [1.82, 2.24) is 0 Å². The van der Waals surface area contributed by atoms with Crippen LogP contribution in [0.5, 0.6) is 0 Å². The monoisotopic (exact) mass is 207 g/mol. The first-order valence-electron chi connectivity index (χ1n) is 5.42. The fourth-order valence-electron chi connectivity index (χ4n) is 1.44. The lowest BCUT2D eigenvalue weighted by Gasteiger charge is -2.17. The molecule has 0 bridgehead atoms. The normalized spacial score (nSPS) is 10.8. The van der Waals surface area contributed by atoms with Crippen LogP contribution in [0.4, 0.5) is 17.1 Å². The molecule has 0 fully saturated rings. The molecular weight excluding hydrogens is 186 g/mol. The second kappa shape index (κ2) is 4.91. The molecule has 0 saturated carbocycles. The third-order valence-electron chi connectivity index (χ3n) is 1.99. The molecule has 0 aliphatic carbocycles. The Hall–Kier alpha value is -1.38. The summed E-state index contributed by atoms with van der Waals surface area (Å²) in [6.07, 6.45) is 0. The van der Waals surface area contributed by atoms with E-state index in [0.29, 0.717) is 12.1 Å². The van der Waals surface area contributed by atoms with Crippen LogP contribution in [0.3, 0.4) is 0 Å². The summed E-state index contributed by atoms with van der Waals surface area (Å²) in [6, 6.07) is 6.79. The molecule has 0 radical (unpaired) electrons. The van der Waals surface area contributed by atoms with E-state index in [1.54, 1.807) is 0 Å². The van der Waals surface area contributed by atoms with Gasteiger partial charge in [0.15, 0.2) is 0 Å². The average Bonchev–Trinajstić information content (AvgIpc) is 2.10. The number of nitrogens with one attached hydrogen (secondary N) is 2. The van der Waals surface area contributed by atoms with Gasteiger partial charge in [-0.15, -0.1) is 0 Å². The average molecular weight is 207 g/mol. The summed E-state index contributed by atoms with van der Waals surface area (Å²) >= 11 is 0. The summed E-state index contributed by atoms with van der Waals surface area (Å²) in [7, 11) is 0. The smallest absolute Gasteiger partial charge is 0.0785 e. The van der Waals surface area contributed by atoms with Crippen LogP contribution in [0.15, 0.2) is 18.2 Å². The maximum absolute atomic E-state index is 6.05. The van der Waals surface area contributed by atoms with Gasteiger partial charge >= 0.3 is 0 Å². The molecule has 1 aromatic carbocycles. The number of nitrogens with two attached hydrogens (primary N) is 1. The Balaban J connectivity index is 2.90. The number of rotatable bonds is 4. The van der Waals surface area contributed by atoms with Crippen molar-refractivity contribution in [3.8, 4) is 0 Å². The van der Waals surface area contributed by atoms with Crippen molar-refractivity contribution < 1.29 is 0 Å². The summed E-state index contributed by atoms with van der Waals surface area (Å²) in [5.74, 6) is 0. The molecule has 1 rings (SSSR count). The zero-order valence-corrected chi connectivity index (χ0v) is 9.96. The van der Waals surface area contributed by atoms with Crippen LogP contribution >= 0.6 is 0 Å². The third kappa shape index (κ3) is 3.35. The molecule has 0 heterocycles. The van der Waals surface area contributed by atoms with Crippen molar-refractivity contribution in [2.24, 2.45) is 0 Å². The lowest BCUT2D eigenvalue weighted by molar-refractivity contribution is 0.894. The molecular formula is C12H21N3. The largest absolute Gasteiger partial charge is 0.395 e. The Labute approximate surface area is 92.1 Å². The van der Waals surface area contributed by atoms with E-state index in [0.717, 1.165) is 17.1 Å². The summed E-state index contributed by atoms with van der Waals surface area (Å²) in [4.78, 5) is 0. The molecule has 15 heavy (non-hydrogen) atoms. The van der Waals surface area contributed by atoms with Crippen molar-refractivity contribution in [2.75, 3.05) is 16.4 Å². The van der Waals surface area contributed by atoms with Gasteiger partial charge in [-0.2, -0.15) is 0 Å². The molecule has 3 nitrogen and oxygen atoms in total. The highest BCUT2D eigenvalue weighted by Crippen LogP contribution is 2.28. The van der Waals surface area contributed by atoms with E-state index < -0.39 is 0 Å². The van der Waals surface area contributed by atoms with Gasteiger partial charge in [-0.25, -0.2) is 0 Å². The van der Waals surface area contributed by atoms with Gasteiger partial charge in [-0.05, 0) is 39.8 Å². The van der Waals surface area contributed by atoms with Crippen molar-refractivity contribution in [3.05, 3.63) is 18.2 Å². The minimum absolute atomic E-state index is 0.390. The zero-order chi connectivity index (χ0) is 11.4. The molecule has 0 aliphatic heterocycles. The number of hydrogen-bond acceptors (Lipinski definition) is 3. The summed E-state index contributed by atoms with van der Waals surface area (Å²) < 4.78 is 0. The third-order valence-corrected chi connectivity index (χ3v) is 1.99. The number of nitrogen functional groups attached to an aromatic ring is 1. The quantitative estimate of drug-likeness (QED) is 0.665. The lowest BCUT2D eigenvalue weighted by Crippen LogP contribution is -2.15. The predicted octanol–water partition coefficient (Wildman–Crippen LogP) is 2.91. The van der Waals surface area contributed by atoms with E-state index in [-0.39, 0.29) is 0 Å². The fraction of sp³-hybridized carbons (Fsp3) is 0.500. The Morgan fingerprint density at radius 2 is 1.33 bits per heavy atom. The highest BCUT2D eigenvalue weighted by molar-refractivity contribution is 5.80. The van der Waals surface area contributed by atoms with Crippen LogP contribution < -0.4 is 16.4 Å². The van der Waals surface area contributed by atoms with Crippen LogP contribution in [0.1, 0.15) is 27.7 Å². The van der Waals surface area contributed by atoms with Crippen molar-refractivity contribution in [3.63, 3.8) is 0 Å². The molecule has 0 saturated heterocycles. The van der Waals surface area contributed by atoms with Gasteiger partial charge in [-0.1, -0.05) is 6.07 Å². The Bertz CT molecular complexity index is 290. The molecule has 0 spiro atoms. The van der Waals surface area contributed by atoms with Gasteiger partial charge in [0, 0.05) is 12.1 Å². The molecule has 0 atom stereocenters. The fourth-order valence-corrected chi connectivity index (χ4v) is 1.44. The SMILES string of the molecule is CC(C)Nc1cccc(NC(C)C)c1N. The first kappa shape index (κ1) is 11.7. The maximum atomic E-state index is 6.05. The Morgan fingerprint density at radius 3 is 1.67 bits per heavy atom. The van der Waals surface area contributed by atoms with Gasteiger partial charge in [0.1, 0.15) is 0 Å². The van der Waals surface area contributed by atoms with E-state index in [1.807, 2.05) is 18.2 Å². The first-order valence-corrected chi connectivity index (χ1v) is 5.42. The second-order valence-electron chi connectivity index (χ2n) is 4.36. The number of benzene rings is 1. The van der Waals surface area contributed by atoms with Gasteiger partial charge < -0.3 is 16.4 Å². The van der Waals surface area contributed by atoms with Crippen molar-refractivity contribution in [2.45, 2.75) is 39.8 Å². The molecule has 3 heteroatoms. The van der Waals surface area contributed by atoms with Crippen LogP contribution in [0.25, 0.3) is 0 Å². The van der Waals surface area contributed by atoms with Crippen LogP contribution in [0, 0.1) is 0 Å². The second-order valence-corrected chi connectivity index (χ2v) is 4.36. The molecule has 84 valence electrons. The number of anilines is 3. The molecule has 0 aromatic heterocycles. The first-order chi connectivity index (χ1) is 7.00. The standard InChI is InChI=1S/C12H21N3/c1-8(2)14-10-6-5-7-11(12(10)13)15-9(3)4/h5-9,14-15H,13H2,1-4H3. The minimum atomic E-state index is 0.390. The number of hydrogen-bond donors (Lipinski definition) is 3. The molecule has 0 aliphatic rings. The minimum Gasteiger partial charge on any atom is -0.395 e. The summed E-state index contributed by atoms with van der Waals surface area (Å²) in [5.41, 5.74) is 8.84. The maximum Gasteiger partial charge on any atom is 0.0785 e. The molecule has 0 amide bonds. The number of para-hydroxylation sites is 1. The van der Waals surface area contributed by atoms with Crippen LogP contribution in [0.2, 0.25) is 0 Å². The predicted molar refractivity (Wildman–Crippen MR) is 68.4 cm³/mol. The van der Waals surface area contributed by atoms with E-state index >= 15 is 0 Å². The lowest BCUT2D eigenvalue weighted by atomic mass is 10.2. The Kier molecular flexibility index (Phi) is 3.83. The topological polar surface area (TPSA) is 50.1 Å². The van der Waals surface area contributed by atoms with Gasteiger partial charge in [0.25, 0.3) is 0 Å². The van der Waals surface area contributed by atoms with E-state index in [1.165, 1.54) is 0 Å². The molecule has 0 unspecified atom stereocenters. The Morgan fingerprint density at radius 1 is 0.933 bits per heavy atom. The van der Waals surface area contributed by atoms with Gasteiger partial charge in [-0.3, -0.25) is 0 Å². The van der Waals surface area contributed by atoms with E-state index in [9.17, 15) is 0 Å². The van der Waals surface area contributed by atoms with Gasteiger partial charge in [0.2, 0.25) is 0 Å². The van der Waals surface area contributed by atoms with Crippen LogP contribution in [-0.4, -0.2) is 12.1 Å². The van der Waals surface area contributed by atoms with Crippen molar-refractivity contribution in [1.29, 1.82) is 0 Å². The van der Waals surface area contributed by atoms with Crippen LogP contribution in [-0.2, 0) is 0 Å². The highest BCUT2D eigenvalue weighted by atomic mass is 15.0. The van der Waals surface area contributed by atoms with E-state index in [4.69, 9.17) is 5.73 Å².